The fourth-order valence-electron chi connectivity index (χ4n) is 3.60. The molecule has 0 N–H and O–H groups in total. The number of aromatic nitrogens is 8. The molecule has 0 aliphatic carbocycles. The highest BCUT2D eigenvalue weighted by molar-refractivity contribution is 5.50. The Morgan fingerprint density at radius 1 is 0.594 bits per heavy atom. The van der Waals surface area contributed by atoms with E-state index in [2.05, 4.69) is 54.4 Å². The van der Waals surface area contributed by atoms with Gasteiger partial charge in [0.25, 0.3) is 0 Å². The fourth-order valence-corrected chi connectivity index (χ4v) is 3.60. The molecule has 8 heteroatoms. The first-order chi connectivity index (χ1) is 15.7. The molecule has 4 aromatic heterocycles. The number of aryl methyl sites for hydroxylation is 2. The van der Waals surface area contributed by atoms with Crippen LogP contribution in [0.5, 0.6) is 0 Å². The molecule has 0 radical (unpaired) electrons. The largest absolute Gasteiger partial charge is 0.253 e. The average Bonchev–Trinajstić information content (AvgIpc) is 3.38. The number of pyridine rings is 2. The summed E-state index contributed by atoms with van der Waals surface area (Å²) in [6.07, 6.45) is 3.53. The van der Waals surface area contributed by atoms with Gasteiger partial charge in [0.1, 0.15) is 23.0 Å². The number of nitrogens with zero attached hydrogens (tertiary/aromatic N) is 8. The predicted octanol–water partition coefficient (Wildman–Crippen LogP) is 3.71. The van der Waals surface area contributed by atoms with E-state index in [4.69, 9.17) is 0 Å². The Morgan fingerprint density at radius 2 is 1.03 bits per heavy atom. The lowest BCUT2D eigenvalue weighted by Crippen LogP contribution is -2.07. The Balaban J connectivity index is 1.36. The minimum Gasteiger partial charge on any atom is -0.253 e. The molecular weight excluding hydrogens is 400 g/mol. The van der Waals surface area contributed by atoms with E-state index in [-0.39, 0.29) is 0 Å². The zero-order chi connectivity index (χ0) is 21.9. The van der Waals surface area contributed by atoms with Crippen LogP contribution in [-0.4, -0.2) is 39.5 Å². The zero-order valence-corrected chi connectivity index (χ0v) is 17.9. The molecule has 0 bridgehead atoms. The molecule has 8 nitrogen and oxygen atoms in total. The maximum Gasteiger partial charge on any atom is 0.177 e. The average molecular weight is 422 g/mol. The zero-order valence-electron chi connectivity index (χ0n) is 17.9. The van der Waals surface area contributed by atoms with Gasteiger partial charge in [-0.1, -0.05) is 36.4 Å². The van der Waals surface area contributed by atoms with Crippen LogP contribution in [0.4, 0.5) is 0 Å². The van der Waals surface area contributed by atoms with Gasteiger partial charge in [-0.15, -0.1) is 0 Å². The van der Waals surface area contributed by atoms with Crippen molar-refractivity contribution in [3.05, 3.63) is 95.8 Å². The molecule has 0 unspecified atom stereocenters. The van der Waals surface area contributed by atoms with Crippen molar-refractivity contribution in [2.75, 3.05) is 0 Å². The van der Waals surface area contributed by atoms with E-state index in [0.29, 0.717) is 13.1 Å². The number of hydrogen-bond donors (Lipinski definition) is 0. The second-order valence-electron chi connectivity index (χ2n) is 7.53. The summed E-state index contributed by atoms with van der Waals surface area (Å²) in [5, 5.41) is 9.11. The quantitative estimate of drug-likeness (QED) is 0.415. The van der Waals surface area contributed by atoms with E-state index in [0.717, 1.165) is 45.8 Å². The van der Waals surface area contributed by atoms with Crippen LogP contribution in [0.25, 0.3) is 23.0 Å². The van der Waals surface area contributed by atoms with Gasteiger partial charge in [-0.2, -0.15) is 10.2 Å². The van der Waals surface area contributed by atoms with E-state index in [1.807, 2.05) is 59.6 Å². The molecule has 158 valence electrons. The number of hydrogen-bond acceptors (Lipinski definition) is 6. The topological polar surface area (TPSA) is 87.2 Å². The Morgan fingerprint density at radius 3 is 1.41 bits per heavy atom. The van der Waals surface area contributed by atoms with Crippen molar-refractivity contribution in [3.8, 4) is 23.0 Å². The van der Waals surface area contributed by atoms with Crippen molar-refractivity contribution < 1.29 is 0 Å². The number of benzene rings is 1. The highest BCUT2D eigenvalue weighted by Gasteiger charge is 2.13. The van der Waals surface area contributed by atoms with Gasteiger partial charge >= 0.3 is 0 Å². The molecule has 4 heterocycles. The molecule has 0 atom stereocenters. The van der Waals surface area contributed by atoms with Crippen LogP contribution in [0.2, 0.25) is 0 Å². The molecule has 0 spiro atoms. The molecule has 0 fully saturated rings. The van der Waals surface area contributed by atoms with Gasteiger partial charge in [0.2, 0.25) is 0 Å². The van der Waals surface area contributed by atoms with Crippen molar-refractivity contribution in [1.82, 2.24) is 39.5 Å². The van der Waals surface area contributed by atoms with Crippen LogP contribution in [0.15, 0.2) is 73.1 Å². The molecule has 0 aliphatic rings. The molecule has 5 rings (SSSR count). The third kappa shape index (κ3) is 4.15. The lowest BCUT2D eigenvalue weighted by molar-refractivity contribution is 0.677. The molecule has 0 saturated carbocycles. The molecule has 0 aliphatic heterocycles. The number of rotatable bonds is 6. The molecule has 32 heavy (non-hydrogen) atoms. The van der Waals surface area contributed by atoms with Crippen LogP contribution >= 0.6 is 0 Å². The summed E-state index contributed by atoms with van der Waals surface area (Å²) in [5.74, 6) is 2.99. The third-order valence-corrected chi connectivity index (χ3v) is 5.03. The standard InChI is InChI=1S/C24H22N8/c1-17-27-23(21-7-3-5-13-25-21)31(29-17)15-19-9-11-20(12-10-19)16-32-24(28-18(2)30-32)22-8-4-6-14-26-22/h3-14H,15-16H2,1-2H3. The smallest absolute Gasteiger partial charge is 0.177 e. The molecule has 1 aromatic carbocycles. The van der Waals surface area contributed by atoms with Crippen molar-refractivity contribution in [3.63, 3.8) is 0 Å². The summed E-state index contributed by atoms with van der Waals surface area (Å²) in [7, 11) is 0. The van der Waals surface area contributed by atoms with Crippen LogP contribution in [0.3, 0.4) is 0 Å². The molecule has 0 saturated heterocycles. The normalized spacial score (nSPS) is 11.1. The Bertz CT molecular complexity index is 1220. The van der Waals surface area contributed by atoms with Gasteiger partial charge in [-0.25, -0.2) is 19.3 Å². The van der Waals surface area contributed by atoms with Gasteiger partial charge in [-0.3, -0.25) is 9.97 Å². The van der Waals surface area contributed by atoms with Gasteiger partial charge < -0.3 is 0 Å². The van der Waals surface area contributed by atoms with Gasteiger partial charge in [0.15, 0.2) is 11.6 Å². The maximum absolute atomic E-state index is 4.56. The van der Waals surface area contributed by atoms with Crippen LogP contribution in [-0.2, 0) is 13.1 Å². The molecule has 5 aromatic rings. The van der Waals surface area contributed by atoms with E-state index in [1.54, 1.807) is 12.4 Å². The van der Waals surface area contributed by atoms with Crippen LogP contribution < -0.4 is 0 Å². The van der Waals surface area contributed by atoms with Crippen molar-refractivity contribution in [2.24, 2.45) is 0 Å². The highest BCUT2D eigenvalue weighted by Crippen LogP contribution is 2.18. The third-order valence-electron chi connectivity index (χ3n) is 5.03. The molecule has 0 amide bonds. The predicted molar refractivity (Wildman–Crippen MR) is 121 cm³/mol. The van der Waals surface area contributed by atoms with Gasteiger partial charge in [0.05, 0.1) is 13.1 Å². The SMILES string of the molecule is Cc1nc(-c2ccccn2)n(Cc2ccc(Cn3nc(C)nc3-c3ccccn3)cc2)n1. The highest BCUT2D eigenvalue weighted by atomic mass is 15.4. The summed E-state index contributed by atoms with van der Waals surface area (Å²) in [6, 6.07) is 20.0. The first-order valence-corrected chi connectivity index (χ1v) is 10.4. The lowest BCUT2D eigenvalue weighted by atomic mass is 10.1. The summed E-state index contributed by atoms with van der Waals surface area (Å²) in [4.78, 5) is 17.9. The minimum atomic E-state index is 0.620. The lowest BCUT2D eigenvalue weighted by Gasteiger charge is -2.08. The van der Waals surface area contributed by atoms with E-state index >= 15 is 0 Å². The Labute approximate surface area is 185 Å². The maximum atomic E-state index is 4.56. The van der Waals surface area contributed by atoms with Gasteiger partial charge in [-0.05, 0) is 49.2 Å². The van der Waals surface area contributed by atoms with Gasteiger partial charge in [0, 0.05) is 12.4 Å². The first-order valence-electron chi connectivity index (χ1n) is 10.4. The summed E-state index contributed by atoms with van der Waals surface area (Å²) < 4.78 is 3.79. The van der Waals surface area contributed by atoms with E-state index in [9.17, 15) is 0 Å². The Kier molecular flexibility index (Phi) is 5.25. The Hall–Kier alpha value is -4.20. The van der Waals surface area contributed by atoms with Crippen molar-refractivity contribution >= 4 is 0 Å². The van der Waals surface area contributed by atoms with Crippen LogP contribution in [0.1, 0.15) is 22.8 Å². The minimum absolute atomic E-state index is 0.620. The summed E-state index contributed by atoms with van der Waals surface area (Å²) in [5.41, 5.74) is 3.90. The summed E-state index contributed by atoms with van der Waals surface area (Å²) in [6.45, 7) is 5.03. The molecular formula is C24H22N8. The monoisotopic (exact) mass is 422 g/mol. The second kappa shape index (κ2) is 8.50. The second-order valence-corrected chi connectivity index (χ2v) is 7.53. The van der Waals surface area contributed by atoms with Crippen molar-refractivity contribution in [2.45, 2.75) is 26.9 Å². The first kappa shape index (κ1) is 19.7. The summed E-state index contributed by atoms with van der Waals surface area (Å²) >= 11 is 0. The van der Waals surface area contributed by atoms with E-state index in [1.165, 1.54) is 0 Å². The van der Waals surface area contributed by atoms with Crippen molar-refractivity contribution in [1.29, 1.82) is 0 Å². The fraction of sp³-hybridized carbons (Fsp3) is 0.167. The van der Waals surface area contributed by atoms with E-state index < -0.39 is 0 Å². The van der Waals surface area contributed by atoms with Crippen LogP contribution in [0, 0.1) is 13.8 Å².